The second-order valence-corrected chi connectivity index (χ2v) is 9.64. The lowest BCUT2D eigenvalue weighted by molar-refractivity contribution is -0.139. The monoisotopic (exact) mass is 425 g/mol. The predicted molar refractivity (Wildman–Crippen MR) is 116 cm³/mol. The van der Waals surface area contributed by atoms with Crippen LogP contribution in [0.3, 0.4) is 0 Å². The summed E-state index contributed by atoms with van der Waals surface area (Å²) in [4.78, 5) is 46.7. The average Bonchev–Trinajstić information content (AvgIpc) is 3.16. The lowest BCUT2D eigenvalue weighted by Gasteiger charge is -2.34. The van der Waals surface area contributed by atoms with Crippen molar-refractivity contribution in [2.45, 2.75) is 64.8 Å². The maximum atomic E-state index is 13.2. The Morgan fingerprint density at radius 1 is 1.10 bits per heavy atom. The van der Waals surface area contributed by atoms with Crippen molar-refractivity contribution in [1.29, 1.82) is 0 Å². The molecule has 2 amide bonds. The normalized spacial score (nSPS) is 20.2. The number of likely N-dealkylation sites (tertiary alicyclic amines) is 1. The second kappa shape index (κ2) is 7.80. The van der Waals surface area contributed by atoms with Crippen molar-refractivity contribution in [3.8, 4) is 0 Å². The summed E-state index contributed by atoms with van der Waals surface area (Å²) in [6, 6.07) is 1.98. The van der Waals surface area contributed by atoms with E-state index in [1.54, 1.807) is 0 Å². The highest BCUT2D eigenvalue weighted by atomic mass is 16.2. The molecule has 1 N–H and O–H groups in total. The van der Waals surface area contributed by atoms with Gasteiger partial charge in [0.25, 0.3) is 5.56 Å². The van der Waals surface area contributed by atoms with Gasteiger partial charge in [0.1, 0.15) is 0 Å². The Labute approximate surface area is 181 Å². The lowest BCUT2D eigenvalue weighted by Crippen LogP contribution is -2.44. The maximum Gasteiger partial charge on any atom is 0.277 e. The number of hydrogen-bond donors (Lipinski definition) is 1. The van der Waals surface area contributed by atoms with Crippen molar-refractivity contribution in [3.63, 3.8) is 0 Å². The van der Waals surface area contributed by atoms with Crippen LogP contribution in [0.1, 0.15) is 68.8 Å². The van der Waals surface area contributed by atoms with Crippen LogP contribution in [0, 0.1) is 11.8 Å². The molecule has 1 aliphatic carbocycles. The Kier molecular flexibility index (Phi) is 5.10. The molecule has 5 rings (SSSR count). The van der Waals surface area contributed by atoms with Gasteiger partial charge >= 0.3 is 0 Å². The number of piperidine rings is 1. The first-order chi connectivity index (χ1) is 14.9. The molecule has 3 aliphatic rings. The zero-order valence-corrected chi connectivity index (χ0v) is 18.4. The molecule has 0 unspecified atom stereocenters. The Morgan fingerprint density at radius 2 is 1.84 bits per heavy atom. The number of nitrogens with one attached hydrogen (secondary N) is 1. The van der Waals surface area contributed by atoms with E-state index in [-0.39, 0.29) is 35.1 Å². The third-order valence-corrected chi connectivity index (χ3v) is 7.29. The maximum absolute atomic E-state index is 13.2. The molecule has 0 spiro atoms. The van der Waals surface area contributed by atoms with Crippen LogP contribution in [0.2, 0.25) is 0 Å². The number of aromatic nitrogens is 3. The zero-order chi connectivity index (χ0) is 21.7. The van der Waals surface area contributed by atoms with Gasteiger partial charge in [0, 0.05) is 55.6 Å². The SMILES string of the molecule is CC(C)C(=O)N1CCC(c2cc3nc4c(c(=O)n3[nH]2)CN(C(=O)C2CCC2)CC4)CC1. The van der Waals surface area contributed by atoms with Crippen molar-refractivity contribution in [3.05, 3.63) is 33.4 Å². The van der Waals surface area contributed by atoms with E-state index in [1.165, 1.54) is 4.52 Å². The van der Waals surface area contributed by atoms with Crippen LogP contribution < -0.4 is 5.56 Å². The Hall–Kier alpha value is -2.64. The van der Waals surface area contributed by atoms with Crippen molar-refractivity contribution in [1.82, 2.24) is 24.4 Å². The van der Waals surface area contributed by atoms with E-state index in [4.69, 9.17) is 4.98 Å². The number of rotatable bonds is 3. The molecule has 2 aromatic heterocycles. The summed E-state index contributed by atoms with van der Waals surface area (Å²) in [7, 11) is 0. The Morgan fingerprint density at radius 3 is 2.48 bits per heavy atom. The second-order valence-electron chi connectivity index (χ2n) is 9.64. The molecule has 8 heteroatoms. The first kappa shape index (κ1) is 20.3. The molecule has 1 saturated carbocycles. The standard InChI is InChI=1S/C23H31N5O3/c1-14(2)21(29)26-9-6-15(7-10-26)19-12-20-24-18-8-11-27(22(30)16-4-3-5-16)13-17(18)23(31)28(20)25-19/h12,14-16,25H,3-11,13H2,1-2H3. The van der Waals surface area contributed by atoms with Crippen molar-refractivity contribution < 1.29 is 9.59 Å². The highest BCUT2D eigenvalue weighted by molar-refractivity contribution is 5.80. The van der Waals surface area contributed by atoms with Crippen molar-refractivity contribution >= 4 is 17.5 Å². The van der Waals surface area contributed by atoms with E-state index in [1.807, 2.05) is 29.7 Å². The lowest BCUT2D eigenvalue weighted by atomic mass is 9.84. The van der Waals surface area contributed by atoms with Crippen molar-refractivity contribution in [2.24, 2.45) is 11.8 Å². The average molecular weight is 426 g/mol. The van der Waals surface area contributed by atoms with Gasteiger partial charge in [-0.15, -0.1) is 0 Å². The summed E-state index contributed by atoms with van der Waals surface area (Å²) in [6.45, 7) is 6.37. The minimum atomic E-state index is -0.0928. The number of hydrogen-bond acceptors (Lipinski definition) is 4. The summed E-state index contributed by atoms with van der Waals surface area (Å²) in [5, 5.41) is 3.27. The molecular formula is C23H31N5O3. The smallest absolute Gasteiger partial charge is 0.277 e. The molecule has 1 saturated heterocycles. The summed E-state index contributed by atoms with van der Waals surface area (Å²) in [5.41, 5.74) is 3.03. The first-order valence-corrected chi connectivity index (χ1v) is 11.6. The number of aromatic amines is 1. The van der Waals surface area contributed by atoms with E-state index in [0.29, 0.717) is 30.7 Å². The van der Waals surface area contributed by atoms with Gasteiger partial charge in [-0.1, -0.05) is 20.3 Å². The van der Waals surface area contributed by atoms with Gasteiger partial charge in [-0.05, 0) is 25.7 Å². The minimum absolute atomic E-state index is 0.0227. The van der Waals surface area contributed by atoms with Crippen LogP contribution in [0.25, 0.3) is 5.65 Å². The zero-order valence-electron chi connectivity index (χ0n) is 18.4. The highest BCUT2D eigenvalue weighted by Gasteiger charge is 2.33. The van der Waals surface area contributed by atoms with Gasteiger partial charge in [-0.25, -0.2) is 9.50 Å². The molecule has 2 aromatic rings. The van der Waals surface area contributed by atoms with Crippen LogP contribution in [0.5, 0.6) is 0 Å². The summed E-state index contributed by atoms with van der Waals surface area (Å²) >= 11 is 0. The van der Waals surface area contributed by atoms with Crippen LogP contribution in [0.15, 0.2) is 10.9 Å². The summed E-state index contributed by atoms with van der Waals surface area (Å²) in [6.07, 6.45) is 5.46. The molecule has 0 atom stereocenters. The van der Waals surface area contributed by atoms with Gasteiger partial charge in [-0.3, -0.25) is 19.5 Å². The number of nitrogens with zero attached hydrogens (tertiary/aromatic N) is 4. The van der Waals surface area contributed by atoms with Gasteiger partial charge in [0.15, 0.2) is 5.65 Å². The van der Waals surface area contributed by atoms with Gasteiger partial charge in [0.05, 0.1) is 17.8 Å². The van der Waals surface area contributed by atoms with E-state index in [2.05, 4.69) is 5.10 Å². The third-order valence-electron chi connectivity index (χ3n) is 7.29. The Balaban J connectivity index is 1.36. The van der Waals surface area contributed by atoms with Crippen LogP contribution in [-0.4, -0.2) is 55.8 Å². The quantitative estimate of drug-likeness (QED) is 0.815. The fraction of sp³-hybridized carbons (Fsp3) is 0.652. The first-order valence-electron chi connectivity index (χ1n) is 11.6. The van der Waals surface area contributed by atoms with Gasteiger partial charge in [-0.2, -0.15) is 0 Å². The number of fused-ring (bicyclic) bond motifs is 2. The largest absolute Gasteiger partial charge is 0.342 e. The molecule has 166 valence electrons. The minimum Gasteiger partial charge on any atom is -0.342 e. The van der Waals surface area contributed by atoms with Crippen LogP contribution in [-0.2, 0) is 22.6 Å². The van der Waals surface area contributed by atoms with Gasteiger partial charge in [0.2, 0.25) is 11.8 Å². The summed E-state index contributed by atoms with van der Waals surface area (Å²) in [5.74, 6) is 0.852. The molecule has 8 nitrogen and oxygen atoms in total. The third kappa shape index (κ3) is 3.55. The number of amides is 2. The van der Waals surface area contributed by atoms with Crippen molar-refractivity contribution in [2.75, 3.05) is 19.6 Å². The van der Waals surface area contributed by atoms with E-state index in [0.717, 1.165) is 56.6 Å². The topological polar surface area (TPSA) is 90.8 Å². The molecule has 2 aliphatic heterocycles. The molecule has 0 aromatic carbocycles. The predicted octanol–water partition coefficient (Wildman–Crippen LogP) is 2.07. The van der Waals surface area contributed by atoms with E-state index >= 15 is 0 Å². The number of carbonyl (C=O) groups is 2. The van der Waals surface area contributed by atoms with Gasteiger partial charge < -0.3 is 9.80 Å². The van der Waals surface area contributed by atoms with E-state index < -0.39 is 0 Å². The molecular weight excluding hydrogens is 394 g/mol. The molecule has 0 radical (unpaired) electrons. The van der Waals surface area contributed by atoms with Crippen LogP contribution >= 0.6 is 0 Å². The summed E-state index contributed by atoms with van der Waals surface area (Å²) < 4.78 is 1.54. The van der Waals surface area contributed by atoms with Crippen LogP contribution in [0.4, 0.5) is 0 Å². The molecule has 2 fully saturated rings. The molecule has 4 heterocycles. The van der Waals surface area contributed by atoms with E-state index in [9.17, 15) is 14.4 Å². The highest BCUT2D eigenvalue weighted by Crippen LogP contribution is 2.31. The number of carbonyl (C=O) groups excluding carboxylic acids is 2. The fourth-order valence-corrected chi connectivity index (χ4v) is 5.09. The number of H-pyrrole nitrogens is 1. The molecule has 31 heavy (non-hydrogen) atoms. The molecule has 0 bridgehead atoms. The fourth-order valence-electron chi connectivity index (χ4n) is 5.09. The Bertz CT molecular complexity index is 1070.